The van der Waals surface area contributed by atoms with E-state index in [2.05, 4.69) is 55.5 Å². The molecule has 1 fully saturated rings. The van der Waals surface area contributed by atoms with Crippen LogP contribution >= 0.6 is 11.6 Å². The maximum absolute atomic E-state index is 13.3. The number of nitrogens with one attached hydrogen (secondary N) is 1. The predicted octanol–water partition coefficient (Wildman–Crippen LogP) is 5.63. The van der Waals surface area contributed by atoms with Crippen LogP contribution in [-0.4, -0.2) is 46.7 Å². The lowest BCUT2D eigenvalue weighted by Crippen LogP contribution is -2.46. The van der Waals surface area contributed by atoms with Crippen molar-refractivity contribution >= 4 is 40.2 Å². The Hall–Kier alpha value is -4.36. The molecule has 1 aliphatic rings. The van der Waals surface area contributed by atoms with Gasteiger partial charge in [0.15, 0.2) is 5.65 Å². The molecule has 1 amide bonds. The normalized spacial score (nSPS) is 13.6. The van der Waals surface area contributed by atoms with Crippen LogP contribution in [0.25, 0.3) is 16.8 Å². The van der Waals surface area contributed by atoms with Gasteiger partial charge in [0.05, 0.1) is 17.6 Å². The second kappa shape index (κ2) is 9.95. The second-order valence-corrected chi connectivity index (χ2v) is 9.37. The molecule has 3 aromatic carbocycles. The average Bonchev–Trinajstić information content (AvgIpc) is 3.37. The number of benzene rings is 3. The number of piperazine rings is 1. The van der Waals surface area contributed by atoms with Crippen LogP contribution in [0.1, 0.15) is 10.5 Å². The molecular weight excluding hydrogens is 484 g/mol. The lowest BCUT2D eigenvalue weighted by molar-refractivity contribution is 0.102. The average molecular weight is 509 g/mol. The van der Waals surface area contributed by atoms with Gasteiger partial charge in [-0.15, -0.1) is 0 Å². The van der Waals surface area contributed by atoms with Gasteiger partial charge < -0.3 is 15.1 Å². The third-order valence-electron chi connectivity index (χ3n) is 6.63. The first kappa shape index (κ1) is 23.1. The molecule has 6 rings (SSSR count). The Kier molecular flexibility index (Phi) is 6.20. The van der Waals surface area contributed by atoms with E-state index in [1.54, 1.807) is 23.0 Å². The maximum Gasteiger partial charge on any atom is 0.274 e. The van der Waals surface area contributed by atoms with Crippen LogP contribution in [0, 0.1) is 0 Å². The van der Waals surface area contributed by atoms with Gasteiger partial charge in [0.25, 0.3) is 5.91 Å². The number of fused-ring (bicyclic) bond motifs is 1. The van der Waals surface area contributed by atoms with E-state index >= 15 is 0 Å². The largest absolute Gasteiger partial charge is 0.368 e. The number of para-hydroxylation sites is 3. The summed E-state index contributed by atoms with van der Waals surface area (Å²) in [6, 6.07) is 27.6. The third-order valence-corrected chi connectivity index (χ3v) is 6.87. The van der Waals surface area contributed by atoms with Gasteiger partial charge in [-0.05, 0) is 48.0 Å². The molecule has 0 aliphatic carbocycles. The molecule has 1 saturated heterocycles. The monoisotopic (exact) mass is 508 g/mol. The minimum Gasteiger partial charge on any atom is -0.368 e. The summed E-state index contributed by atoms with van der Waals surface area (Å²) < 4.78 is 1.66. The molecule has 0 bridgehead atoms. The van der Waals surface area contributed by atoms with E-state index < -0.39 is 0 Å². The van der Waals surface area contributed by atoms with Gasteiger partial charge >= 0.3 is 0 Å². The Labute approximate surface area is 219 Å². The Bertz CT molecular complexity index is 1560. The lowest BCUT2D eigenvalue weighted by Gasteiger charge is -2.38. The molecule has 0 atom stereocenters. The molecule has 0 saturated carbocycles. The number of anilines is 3. The van der Waals surface area contributed by atoms with Crippen LogP contribution in [-0.2, 0) is 0 Å². The first-order valence-electron chi connectivity index (χ1n) is 12.2. The smallest absolute Gasteiger partial charge is 0.274 e. The van der Waals surface area contributed by atoms with E-state index in [-0.39, 0.29) is 5.91 Å². The van der Waals surface area contributed by atoms with Gasteiger partial charge in [-0.1, -0.05) is 54.1 Å². The summed E-state index contributed by atoms with van der Waals surface area (Å²) in [5.41, 5.74) is 5.64. The quantitative estimate of drug-likeness (QED) is 0.333. The summed E-state index contributed by atoms with van der Waals surface area (Å²) >= 11 is 6.18. The van der Waals surface area contributed by atoms with Crippen molar-refractivity contribution in [2.24, 2.45) is 0 Å². The Balaban J connectivity index is 1.22. The number of halogens is 1. The highest BCUT2D eigenvalue weighted by Crippen LogP contribution is 2.29. The zero-order chi connectivity index (χ0) is 25.2. The molecule has 0 spiro atoms. The molecule has 184 valence electrons. The van der Waals surface area contributed by atoms with Crippen molar-refractivity contribution in [1.82, 2.24) is 14.6 Å². The maximum atomic E-state index is 13.3. The van der Waals surface area contributed by atoms with Gasteiger partial charge in [-0.2, -0.15) is 5.10 Å². The van der Waals surface area contributed by atoms with Crippen LogP contribution in [0.15, 0.2) is 97.3 Å². The zero-order valence-corrected chi connectivity index (χ0v) is 20.8. The van der Waals surface area contributed by atoms with Gasteiger partial charge in [-0.3, -0.25) is 4.79 Å². The molecule has 7 nitrogen and oxygen atoms in total. The molecule has 0 unspecified atom stereocenters. The Morgan fingerprint density at radius 3 is 2.41 bits per heavy atom. The first-order chi connectivity index (χ1) is 18.2. The molecule has 37 heavy (non-hydrogen) atoms. The number of aromatic nitrogens is 3. The van der Waals surface area contributed by atoms with E-state index in [4.69, 9.17) is 11.6 Å². The van der Waals surface area contributed by atoms with Gasteiger partial charge in [0, 0.05) is 48.6 Å². The highest BCUT2D eigenvalue weighted by molar-refractivity contribution is 6.30. The minimum atomic E-state index is -0.267. The fourth-order valence-corrected chi connectivity index (χ4v) is 4.93. The standard InChI is InChI=1S/C29H25ClN6O/c30-22-8-6-7-21(19-22)24-20-31-36-14-13-26(32-28(24)36)29(37)33-25-11-4-5-12-27(25)35-17-15-34(16-18-35)23-9-2-1-3-10-23/h1-14,19-20H,15-18H2,(H,33,37). The van der Waals surface area contributed by atoms with Crippen molar-refractivity contribution in [2.45, 2.75) is 0 Å². The summed E-state index contributed by atoms with van der Waals surface area (Å²) in [6.07, 6.45) is 3.49. The summed E-state index contributed by atoms with van der Waals surface area (Å²) in [5.74, 6) is -0.267. The van der Waals surface area contributed by atoms with E-state index in [1.165, 1.54) is 5.69 Å². The molecule has 3 heterocycles. The molecule has 1 N–H and O–H groups in total. The zero-order valence-electron chi connectivity index (χ0n) is 20.1. The predicted molar refractivity (Wildman–Crippen MR) is 149 cm³/mol. The van der Waals surface area contributed by atoms with Crippen molar-refractivity contribution in [2.75, 3.05) is 41.3 Å². The van der Waals surface area contributed by atoms with E-state index in [9.17, 15) is 4.79 Å². The highest BCUT2D eigenvalue weighted by atomic mass is 35.5. The summed E-state index contributed by atoms with van der Waals surface area (Å²) in [4.78, 5) is 22.7. The number of carbonyl (C=O) groups excluding carboxylic acids is 1. The van der Waals surface area contributed by atoms with E-state index in [1.807, 2.05) is 48.5 Å². The van der Waals surface area contributed by atoms with E-state index in [0.717, 1.165) is 48.7 Å². The minimum absolute atomic E-state index is 0.267. The van der Waals surface area contributed by atoms with Crippen molar-refractivity contribution in [3.8, 4) is 11.1 Å². The van der Waals surface area contributed by atoms with Crippen molar-refractivity contribution in [3.63, 3.8) is 0 Å². The fourth-order valence-electron chi connectivity index (χ4n) is 4.74. The second-order valence-electron chi connectivity index (χ2n) is 8.93. The number of hydrogen-bond acceptors (Lipinski definition) is 5. The van der Waals surface area contributed by atoms with E-state index in [0.29, 0.717) is 16.4 Å². The van der Waals surface area contributed by atoms with Gasteiger partial charge in [0.2, 0.25) is 0 Å². The number of nitrogens with zero attached hydrogens (tertiary/aromatic N) is 5. The van der Waals surface area contributed by atoms with Crippen LogP contribution in [0.5, 0.6) is 0 Å². The fraction of sp³-hybridized carbons (Fsp3) is 0.138. The molecule has 5 aromatic rings. The van der Waals surface area contributed by atoms with Gasteiger partial charge in [0.1, 0.15) is 5.69 Å². The number of amides is 1. The van der Waals surface area contributed by atoms with Crippen molar-refractivity contribution in [3.05, 3.63) is 108 Å². The Morgan fingerprint density at radius 2 is 1.59 bits per heavy atom. The van der Waals surface area contributed by atoms with Crippen LogP contribution < -0.4 is 15.1 Å². The van der Waals surface area contributed by atoms with Gasteiger partial charge in [-0.25, -0.2) is 9.50 Å². The number of hydrogen-bond donors (Lipinski definition) is 1. The number of carbonyl (C=O) groups is 1. The molecule has 8 heteroatoms. The lowest BCUT2D eigenvalue weighted by atomic mass is 10.1. The molecular formula is C29H25ClN6O. The molecule has 1 aliphatic heterocycles. The highest BCUT2D eigenvalue weighted by Gasteiger charge is 2.21. The third kappa shape index (κ3) is 4.73. The summed E-state index contributed by atoms with van der Waals surface area (Å²) in [7, 11) is 0. The van der Waals surface area contributed by atoms with Crippen molar-refractivity contribution < 1.29 is 4.79 Å². The molecule has 0 radical (unpaired) electrons. The topological polar surface area (TPSA) is 65.8 Å². The first-order valence-corrected chi connectivity index (χ1v) is 12.6. The van der Waals surface area contributed by atoms with Crippen LogP contribution in [0.4, 0.5) is 17.1 Å². The SMILES string of the molecule is O=C(Nc1ccccc1N1CCN(c2ccccc2)CC1)c1ccn2ncc(-c3cccc(Cl)c3)c2n1. The number of rotatable bonds is 5. The summed E-state index contributed by atoms with van der Waals surface area (Å²) in [6.45, 7) is 3.56. The van der Waals surface area contributed by atoms with Crippen LogP contribution in [0.2, 0.25) is 5.02 Å². The van der Waals surface area contributed by atoms with Crippen molar-refractivity contribution in [1.29, 1.82) is 0 Å². The summed E-state index contributed by atoms with van der Waals surface area (Å²) in [5, 5.41) is 8.10. The Morgan fingerprint density at radius 1 is 0.838 bits per heavy atom. The van der Waals surface area contributed by atoms with Crippen LogP contribution in [0.3, 0.4) is 0 Å². The molecule has 2 aromatic heterocycles.